The standard InChI is InChI=1S/C12H18O5/c1-4-7-15-10-5-6-11(16-8-13-2)12(10)17-9-14-3/h1,5-6,10-12H,7-9H2,2-3H3/t10-,11-,12+/m0/s1. The lowest BCUT2D eigenvalue weighted by Crippen LogP contribution is -2.37. The molecule has 0 aromatic carbocycles. The van der Waals surface area contributed by atoms with Crippen molar-refractivity contribution in [2.24, 2.45) is 0 Å². The maximum Gasteiger partial charge on any atom is 0.147 e. The van der Waals surface area contributed by atoms with Crippen LogP contribution in [-0.2, 0) is 23.7 Å². The van der Waals surface area contributed by atoms with Crippen LogP contribution in [0.1, 0.15) is 0 Å². The van der Waals surface area contributed by atoms with Crippen molar-refractivity contribution >= 4 is 0 Å². The van der Waals surface area contributed by atoms with E-state index in [2.05, 4.69) is 5.92 Å². The smallest absolute Gasteiger partial charge is 0.147 e. The van der Waals surface area contributed by atoms with E-state index < -0.39 is 0 Å². The number of rotatable bonds is 8. The molecule has 0 N–H and O–H groups in total. The van der Waals surface area contributed by atoms with Crippen molar-refractivity contribution in [3.05, 3.63) is 12.2 Å². The topological polar surface area (TPSA) is 46.2 Å². The molecule has 0 heterocycles. The molecule has 0 aromatic heterocycles. The zero-order valence-corrected chi connectivity index (χ0v) is 10.1. The lowest BCUT2D eigenvalue weighted by atomic mass is 10.2. The Kier molecular flexibility index (Phi) is 6.86. The van der Waals surface area contributed by atoms with Gasteiger partial charge < -0.3 is 23.7 Å². The predicted octanol–water partition coefficient (Wildman–Crippen LogP) is 0.553. The fourth-order valence-electron chi connectivity index (χ4n) is 1.55. The molecule has 1 aliphatic carbocycles. The molecule has 0 unspecified atom stereocenters. The Morgan fingerprint density at radius 3 is 2.18 bits per heavy atom. The van der Waals surface area contributed by atoms with Crippen LogP contribution in [0.15, 0.2) is 12.2 Å². The van der Waals surface area contributed by atoms with Gasteiger partial charge in [-0.3, -0.25) is 0 Å². The fourth-order valence-corrected chi connectivity index (χ4v) is 1.55. The number of ether oxygens (including phenoxy) is 5. The Morgan fingerprint density at radius 2 is 1.59 bits per heavy atom. The molecule has 0 spiro atoms. The largest absolute Gasteiger partial charge is 0.359 e. The summed E-state index contributed by atoms with van der Waals surface area (Å²) >= 11 is 0. The van der Waals surface area contributed by atoms with Gasteiger partial charge in [-0.15, -0.1) is 6.42 Å². The van der Waals surface area contributed by atoms with Gasteiger partial charge in [-0.05, 0) is 0 Å². The second-order valence-electron chi connectivity index (χ2n) is 3.44. The molecule has 0 bridgehead atoms. The van der Waals surface area contributed by atoms with E-state index in [4.69, 9.17) is 30.1 Å². The normalized spacial score (nSPS) is 27.2. The molecule has 0 saturated heterocycles. The molecule has 0 aliphatic heterocycles. The molecule has 17 heavy (non-hydrogen) atoms. The highest BCUT2D eigenvalue weighted by atomic mass is 16.7. The summed E-state index contributed by atoms with van der Waals surface area (Å²) in [5.74, 6) is 2.42. The molecule has 5 nitrogen and oxygen atoms in total. The Bertz CT molecular complexity index is 271. The van der Waals surface area contributed by atoms with E-state index in [-0.39, 0.29) is 38.5 Å². The lowest BCUT2D eigenvalue weighted by molar-refractivity contribution is -0.164. The summed E-state index contributed by atoms with van der Waals surface area (Å²) < 4.78 is 26.1. The molecule has 0 saturated carbocycles. The van der Waals surface area contributed by atoms with Crippen molar-refractivity contribution < 1.29 is 23.7 Å². The van der Waals surface area contributed by atoms with E-state index in [0.717, 1.165) is 0 Å². The molecule has 96 valence electrons. The van der Waals surface area contributed by atoms with Crippen LogP contribution in [0.5, 0.6) is 0 Å². The van der Waals surface area contributed by atoms with Crippen molar-refractivity contribution in [3.8, 4) is 12.3 Å². The molecule has 0 aromatic rings. The third-order valence-corrected chi connectivity index (χ3v) is 2.25. The van der Waals surface area contributed by atoms with Crippen molar-refractivity contribution in [2.75, 3.05) is 34.4 Å². The summed E-state index contributed by atoms with van der Waals surface area (Å²) in [5, 5.41) is 0. The first-order valence-electron chi connectivity index (χ1n) is 5.28. The van der Waals surface area contributed by atoms with Gasteiger partial charge in [0.25, 0.3) is 0 Å². The highest BCUT2D eigenvalue weighted by molar-refractivity contribution is 5.11. The third-order valence-electron chi connectivity index (χ3n) is 2.25. The first kappa shape index (κ1) is 14.2. The molecule has 5 heteroatoms. The number of terminal acetylenes is 1. The van der Waals surface area contributed by atoms with Crippen LogP contribution in [0.3, 0.4) is 0 Å². The molecule has 0 amide bonds. The van der Waals surface area contributed by atoms with Crippen molar-refractivity contribution in [3.63, 3.8) is 0 Å². The van der Waals surface area contributed by atoms with Gasteiger partial charge in [-0.2, -0.15) is 0 Å². The van der Waals surface area contributed by atoms with Gasteiger partial charge in [0.2, 0.25) is 0 Å². The van der Waals surface area contributed by atoms with E-state index in [1.165, 1.54) is 0 Å². The SMILES string of the molecule is C#CCO[C@H]1C=C[C@H](OCOC)[C@@H]1OCOC. The van der Waals surface area contributed by atoms with Gasteiger partial charge in [0.1, 0.15) is 38.5 Å². The lowest BCUT2D eigenvalue weighted by Gasteiger charge is -2.24. The van der Waals surface area contributed by atoms with E-state index in [1.807, 2.05) is 12.2 Å². The number of hydrogen-bond donors (Lipinski definition) is 0. The van der Waals surface area contributed by atoms with Crippen molar-refractivity contribution in [2.45, 2.75) is 18.3 Å². The zero-order chi connectivity index (χ0) is 12.5. The van der Waals surface area contributed by atoms with Gasteiger partial charge >= 0.3 is 0 Å². The van der Waals surface area contributed by atoms with Gasteiger partial charge in [-0.1, -0.05) is 18.1 Å². The summed E-state index contributed by atoms with van der Waals surface area (Å²) in [7, 11) is 3.13. The second kappa shape index (κ2) is 8.23. The van der Waals surface area contributed by atoms with Crippen LogP contribution >= 0.6 is 0 Å². The number of hydrogen-bond acceptors (Lipinski definition) is 5. The first-order valence-corrected chi connectivity index (χ1v) is 5.28. The van der Waals surface area contributed by atoms with E-state index in [1.54, 1.807) is 14.2 Å². The van der Waals surface area contributed by atoms with Gasteiger partial charge in [0.15, 0.2) is 0 Å². The maximum atomic E-state index is 5.51. The van der Waals surface area contributed by atoms with E-state index in [0.29, 0.717) is 0 Å². The minimum absolute atomic E-state index is 0.176. The Labute approximate surface area is 102 Å². The minimum atomic E-state index is -0.265. The first-order chi connectivity index (χ1) is 8.33. The Morgan fingerprint density at radius 1 is 1.00 bits per heavy atom. The summed E-state index contributed by atoms with van der Waals surface area (Å²) in [6.45, 7) is 0.609. The molecule has 0 radical (unpaired) electrons. The van der Waals surface area contributed by atoms with Crippen LogP contribution in [-0.4, -0.2) is 52.7 Å². The van der Waals surface area contributed by atoms with E-state index in [9.17, 15) is 0 Å². The molecule has 1 aliphatic rings. The predicted molar refractivity (Wildman–Crippen MR) is 61.2 cm³/mol. The maximum absolute atomic E-state index is 5.51. The summed E-state index contributed by atoms with van der Waals surface area (Å²) in [5.41, 5.74) is 0. The monoisotopic (exact) mass is 242 g/mol. The molecular weight excluding hydrogens is 224 g/mol. The summed E-state index contributed by atoms with van der Waals surface area (Å²) in [4.78, 5) is 0. The van der Waals surface area contributed by atoms with Gasteiger partial charge in [0, 0.05) is 14.2 Å². The van der Waals surface area contributed by atoms with Crippen LogP contribution < -0.4 is 0 Å². The van der Waals surface area contributed by atoms with Crippen molar-refractivity contribution in [1.82, 2.24) is 0 Å². The van der Waals surface area contributed by atoms with Crippen molar-refractivity contribution in [1.29, 1.82) is 0 Å². The Hall–Kier alpha value is -0.900. The Balaban J connectivity index is 2.48. The van der Waals surface area contributed by atoms with Crippen LogP contribution in [0.2, 0.25) is 0 Å². The molecule has 3 atom stereocenters. The van der Waals surface area contributed by atoms with Crippen LogP contribution in [0.25, 0.3) is 0 Å². The van der Waals surface area contributed by atoms with Crippen LogP contribution in [0.4, 0.5) is 0 Å². The third kappa shape index (κ3) is 4.46. The van der Waals surface area contributed by atoms with Gasteiger partial charge in [-0.25, -0.2) is 0 Å². The van der Waals surface area contributed by atoms with E-state index >= 15 is 0 Å². The minimum Gasteiger partial charge on any atom is -0.359 e. The fraction of sp³-hybridized carbons (Fsp3) is 0.667. The average molecular weight is 242 g/mol. The number of methoxy groups -OCH3 is 2. The summed E-state index contributed by atoms with van der Waals surface area (Å²) in [6, 6.07) is 0. The quantitative estimate of drug-likeness (QED) is 0.353. The highest BCUT2D eigenvalue weighted by Crippen LogP contribution is 2.21. The summed E-state index contributed by atoms with van der Waals surface area (Å²) in [6.07, 6.45) is 8.20. The van der Waals surface area contributed by atoms with Gasteiger partial charge in [0.05, 0.1) is 0 Å². The van der Waals surface area contributed by atoms with Crippen LogP contribution in [0, 0.1) is 12.3 Å². The molecule has 0 fully saturated rings. The molecular formula is C12H18O5. The highest BCUT2D eigenvalue weighted by Gasteiger charge is 2.34. The average Bonchev–Trinajstić information content (AvgIpc) is 2.73. The second-order valence-corrected chi connectivity index (χ2v) is 3.44. The molecule has 1 rings (SSSR count). The zero-order valence-electron chi connectivity index (χ0n) is 10.1.